The Bertz CT molecular complexity index is 1230. The average molecular weight is 580 g/mol. The minimum absolute atomic E-state index is 0.0350. The van der Waals surface area contributed by atoms with Gasteiger partial charge in [0.15, 0.2) is 6.29 Å². The normalized spacial score (nSPS) is 24.5. The highest BCUT2D eigenvalue weighted by Gasteiger charge is 2.39. The monoisotopic (exact) mass is 579 g/mol. The number of carbonyl (C=O) groups excluding carboxylic acids is 2. The van der Waals surface area contributed by atoms with Gasteiger partial charge in [0.25, 0.3) is 5.91 Å². The Morgan fingerprint density at radius 3 is 2.48 bits per heavy atom. The largest absolute Gasteiger partial charge is 0.476 e. The van der Waals surface area contributed by atoms with Crippen molar-refractivity contribution in [1.29, 1.82) is 0 Å². The van der Waals surface area contributed by atoms with E-state index in [1.165, 1.54) is 43.5 Å². The number of fused-ring (bicyclic) bond motifs is 1. The number of benzene rings is 1. The van der Waals surface area contributed by atoms with Gasteiger partial charge in [-0.25, -0.2) is 9.37 Å². The molecule has 11 heteroatoms. The van der Waals surface area contributed by atoms with Gasteiger partial charge < -0.3 is 30.5 Å². The van der Waals surface area contributed by atoms with Crippen LogP contribution < -0.4 is 25.6 Å². The molecule has 1 unspecified atom stereocenters. The van der Waals surface area contributed by atoms with Crippen LogP contribution >= 0.6 is 0 Å². The van der Waals surface area contributed by atoms with Crippen molar-refractivity contribution in [2.24, 2.45) is 5.92 Å². The van der Waals surface area contributed by atoms with E-state index in [1.54, 1.807) is 6.20 Å². The first kappa shape index (κ1) is 28.7. The fraction of sp³-hybridized carbons (Fsp3) is 0.581. The van der Waals surface area contributed by atoms with Crippen molar-refractivity contribution < 1.29 is 18.7 Å². The third kappa shape index (κ3) is 6.62. The van der Waals surface area contributed by atoms with Crippen LogP contribution in [0.4, 0.5) is 15.8 Å². The molecule has 226 valence electrons. The molecular formula is C31H42FN7O3. The highest BCUT2D eigenvalue weighted by atomic mass is 19.1. The number of hydrogen-bond acceptors (Lipinski definition) is 8. The molecule has 3 aliphatic heterocycles. The minimum atomic E-state index is -0.506. The molecule has 42 heavy (non-hydrogen) atoms. The van der Waals surface area contributed by atoms with Crippen LogP contribution in [0.15, 0.2) is 36.5 Å². The number of piperidine rings is 1. The molecular weight excluding hydrogens is 537 g/mol. The van der Waals surface area contributed by atoms with E-state index in [9.17, 15) is 14.0 Å². The number of amides is 2. The summed E-state index contributed by atoms with van der Waals surface area (Å²) in [4.78, 5) is 37.5. The Balaban J connectivity index is 1.15. The number of hydrogen-bond donors (Lipinski definition) is 3. The summed E-state index contributed by atoms with van der Waals surface area (Å²) < 4.78 is 19.6. The van der Waals surface area contributed by atoms with Crippen molar-refractivity contribution >= 4 is 23.2 Å². The van der Waals surface area contributed by atoms with E-state index in [-0.39, 0.29) is 29.6 Å². The molecule has 1 aromatic carbocycles. The number of nitrogens with one attached hydrogen (secondary N) is 3. The second-order valence-corrected chi connectivity index (χ2v) is 11.8. The first-order valence-corrected chi connectivity index (χ1v) is 15.5. The summed E-state index contributed by atoms with van der Waals surface area (Å²) in [5, 5.41) is 9.84. The summed E-state index contributed by atoms with van der Waals surface area (Å²) in [6.45, 7) is 6.93. The molecule has 1 saturated carbocycles. The molecule has 2 saturated heterocycles. The van der Waals surface area contributed by atoms with E-state index in [0.29, 0.717) is 18.1 Å². The summed E-state index contributed by atoms with van der Waals surface area (Å²) in [7, 11) is 0. The number of nitrogens with zero attached hydrogens (tertiary/aromatic N) is 4. The second-order valence-electron chi connectivity index (χ2n) is 11.8. The molecule has 4 aliphatic rings. The van der Waals surface area contributed by atoms with Crippen LogP contribution in [-0.2, 0) is 4.79 Å². The zero-order valence-electron chi connectivity index (χ0n) is 24.2. The third-order valence-electron chi connectivity index (χ3n) is 9.05. The third-order valence-corrected chi connectivity index (χ3v) is 9.05. The van der Waals surface area contributed by atoms with Crippen LogP contribution in [0.25, 0.3) is 0 Å². The van der Waals surface area contributed by atoms with Crippen LogP contribution in [0.3, 0.4) is 0 Å². The lowest BCUT2D eigenvalue weighted by atomic mass is 9.84. The van der Waals surface area contributed by atoms with Gasteiger partial charge in [0.05, 0.1) is 17.6 Å². The standard InChI is InChI=1S/C31H42FN7O3/c32-24-8-4-22(5-9-24)29(40)36-31-35-26-21-34-28(42-19-18-37-14-2-1-3-15-37)20-27(26)39(31)25-10-6-23(7-11-25)30(41)38-16-12-33-13-17-38/h4-5,8-9,20-21,23,25,31,33,35H,1-3,6-7,10-19H2,(H,36,40). The molecule has 1 atom stereocenters. The van der Waals surface area contributed by atoms with Gasteiger partial charge in [-0.3, -0.25) is 14.5 Å². The quantitative estimate of drug-likeness (QED) is 0.439. The van der Waals surface area contributed by atoms with Crippen molar-refractivity contribution in [3.63, 3.8) is 0 Å². The minimum Gasteiger partial charge on any atom is -0.476 e. The van der Waals surface area contributed by atoms with Crippen LogP contribution in [0.2, 0.25) is 0 Å². The molecule has 0 spiro atoms. The van der Waals surface area contributed by atoms with Gasteiger partial charge in [0.1, 0.15) is 12.4 Å². The maximum absolute atomic E-state index is 13.5. The number of rotatable bonds is 8. The molecule has 1 aliphatic carbocycles. The topological polar surface area (TPSA) is 102 Å². The van der Waals surface area contributed by atoms with Gasteiger partial charge in [-0.2, -0.15) is 0 Å². The van der Waals surface area contributed by atoms with Crippen LogP contribution in [-0.4, -0.2) is 91.3 Å². The van der Waals surface area contributed by atoms with E-state index in [1.807, 2.05) is 11.0 Å². The predicted octanol–water partition coefficient (Wildman–Crippen LogP) is 3.02. The van der Waals surface area contributed by atoms with E-state index in [0.717, 1.165) is 82.9 Å². The Kier molecular flexibility index (Phi) is 9.04. The zero-order chi connectivity index (χ0) is 28.9. The highest BCUT2D eigenvalue weighted by Crippen LogP contribution is 2.41. The number of piperazine rings is 1. The number of carbonyl (C=O) groups is 2. The molecule has 3 N–H and O–H groups in total. The molecule has 1 aromatic heterocycles. The summed E-state index contributed by atoms with van der Waals surface area (Å²) in [5.74, 6) is 0.187. The molecule has 10 nitrogen and oxygen atoms in total. The number of halogens is 1. The lowest BCUT2D eigenvalue weighted by Gasteiger charge is -2.40. The van der Waals surface area contributed by atoms with E-state index < -0.39 is 6.29 Å². The maximum atomic E-state index is 13.5. The fourth-order valence-electron chi connectivity index (χ4n) is 6.71. The smallest absolute Gasteiger partial charge is 0.254 e. The Hall–Kier alpha value is -3.44. The number of pyridine rings is 1. The number of likely N-dealkylation sites (tertiary alicyclic amines) is 1. The molecule has 6 rings (SSSR count). The van der Waals surface area contributed by atoms with Gasteiger partial charge in [-0.05, 0) is 75.9 Å². The van der Waals surface area contributed by atoms with Crippen LogP contribution in [0.1, 0.15) is 55.3 Å². The van der Waals surface area contributed by atoms with Crippen molar-refractivity contribution in [2.45, 2.75) is 57.3 Å². The molecule has 2 aromatic rings. The first-order valence-electron chi connectivity index (χ1n) is 15.5. The molecule has 0 bridgehead atoms. The fourth-order valence-corrected chi connectivity index (χ4v) is 6.71. The maximum Gasteiger partial charge on any atom is 0.254 e. The summed E-state index contributed by atoms with van der Waals surface area (Å²) in [5.41, 5.74) is 2.14. The highest BCUT2D eigenvalue weighted by molar-refractivity contribution is 5.95. The first-order chi connectivity index (χ1) is 20.5. The average Bonchev–Trinajstić information content (AvgIpc) is 3.39. The van der Waals surface area contributed by atoms with E-state index >= 15 is 0 Å². The Morgan fingerprint density at radius 1 is 1.00 bits per heavy atom. The SMILES string of the molecule is O=C(NC1Nc2cnc(OCCN3CCCCC3)cc2N1C1CCC(C(=O)N2CCNCC2)CC1)c1ccc(F)cc1. The second kappa shape index (κ2) is 13.2. The van der Waals surface area contributed by atoms with Crippen LogP contribution in [0, 0.1) is 11.7 Å². The number of anilines is 2. The van der Waals surface area contributed by atoms with Crippen molar-refractivity contribution in [2.75, 3.05) is 62.6 Å². The Morgan fingerprint density at radius 2 is 1.74 bits per heavy atom. The molecule has 0 radical (unpaired) electrons. The predicted molar refractivity (Wildman–Crippen MR) is 159 cm³/mol. The summed E-state index contributed by atoms with van der Waals surface area (Å²) in [6.07, 6.45) is 8.33. The van der Waals surface area contributed by atoms with Crippen molar-refractivity contribution in [1.82, 2.24) is 25.4 Å². The summed E-state index contributed by atoms with van der Waals surface area (Å²) >= 11 is 0. The van der Waals surface area contributed by atoms with Crippen molar-refractivity contribution in [3.8, 4) is 5.88 Å². The zero-order valence-corrected chi connectivity index (χ0v) is 24.2. The summed E-state index contributed by atoms with van der Waals surface area (Å²) in [6, 6.07) is 7.63. The number of aromatic nitrogens is 1. The molecule has 3 fully saturated rings. The molecule has 2 amide bonds. The lowest BCUT2D eigenvalue weighted by molar-refractivity contribution is -0.137. The van der Waals surface area contributed by atoms with Gasteiger partial charge in [-0.1, -0.05) is 6.42 Å². The number of ether oxygens (including phenoxy) is 1. The Labute approximate surface area is 247 Å². The van der Waals surface area contributed by atoms with E-state index in [4.69, 9.17) is 4.74 Å². The van der Waals surface area contributed by atoms with Gasteiger partial charge in [0.2, 0.25) is 11.8 Å². The van der Waals surface area contributed by atoms with Gasteiger partial charge in [0, 0.05) is 56.3 Å². The lowest BCUT2D eigenvalue weighted by Crippen LogP contribution is -2.55. The van der Waals surface area contributed by atoms with Crippen molar-refractivity contribution in [3.05, 3.63) is 47.9 Å². The molecule has 4 heterocycles. The van der Waals surface area contributed by atoms with Gasteiger partial charge in [-0.15, -0.1) is 0 Å². The van der Waals surface area contributed by atoms with E-state index in [2.05, 4.69) is 30.7 Å². The van der Waals surface area contributed by atoms with Crippen LogP contribution in [0.5, 0.6) is 5.88 Å². The van der Waals surface area contributed by atoms with Gasteiger partial charge >= 0.3 is 0 Å².